The summed E-state index contributed by atoms with van der Waals surface area (Å²) >= 11 is 0. The zero-order chi connectivity index (χ0) is 26.7. The summed E-state index contributed by atoms with van der Waals surface area (Å²) in [4.78, 5) is 14.5. The molecule has 2 N–H and O–H groups in total. The van der Waals surface area contributed by atoms with Crippen LogP contribution in [0.25, 0.3) is 0 Å². The van der Waals surface area contributed by atoms with E-state index in [0.717, 1.165) is 11.3 Å². The number of benzene rings is 3. The summed E-state index contributed by atoms with van der Waals surface area (Å²) in [5.74, 6) is 0.448. The van der Waals surface area contributed by atoms with Gasteiger partial charge in [0.2, 0.25) is 5.91 Å². The number of nitrogens with zero attached hydrogens (tertiary/aromatic N) is 1. The maximum Gasteiger partial charge on any atom is 0.228 e. The Morgan fingerprint density at radius 3 is 2.00 bits per heavy atom. The number of para-hydroxylation sites is 1. The van der Waals surface area contributed by atoms with Crippen LogP contribution in [0.5, 0.6) is 23.0 Å². The molecule has 1 unspecified atom stereocenters. The molecule has 1 fully saturated rings. The molecule has 0 aromatic heterocycles. The number of hydrogen-bond acceptors (Lipinski definition) is 7. The van der Waals surface area contributed by atoms with Crippen LogP contribution in [0.15, 0.2) is 72.8 Å². The second-order valence-electron chi connectivity index (χ2n) is 9.22. The van der Waals surface area contributed by atoms with Crippen molar-refractivity contribution in [3.8, 4) is 23.0 Å². The summed E-state index contributed by atoms with van der Waals surface area (Å²) in [7, 11) is 7.93. The highest BCUT2D eigenvalue weighted by Gasteiger charge is 2.69. The summed E-state index contributed by atoms with van der Waals surface area (Å²) in [5.41, 5.74) is -0.649. The maximum absolute atomic E-state index is 13.0. The first-order chi connectivity index (χ1) is 17.8. The minimum Gasteiger partial charge on any atom is -0.497 e. The fraction of sp³-hybridized carbons (Fsp3) is 0.345. The van der Waals surface area contributed by atoms with Crippen LogP contribution in [0.1, 0.15) is 17.0 Å². The van der Waals surface area contributed by atoms with E-state index >= 15 is 0 Å². The molecule has 0 radical (unpaired) electrons. The number of aliphatic hydroxyl groups is 2. The zero-order valence-corrected chi connectivity index (χ0v) is 21.6. The van der Waals surface area contributed by atoms with Crippen LogP contribution in [0, 0.1) is 5.92 Å². The minimum absolute atomic E-state index is 0.271. The molecule has 3 aromatic rings. The Hall–Kier alpha value is -3.75. The summed E-state index contributed by atoms with van der Waals surface area (Å²) in [6, 6.07) is 22.3. The second-order valence-corrected chi connectivity index (χ2v) is 9.22. The highest BCUT2D eigenvalue weighted by molar-refractivity contribution is 5.82. The summed E-state index contributed by atoms with van der Waals surface area (Å²) in [6.45, 7) is 0. The van der Waals surface area contributed by atoms with Crippen molar-refractivity contribution in [3.63, 3.8) is 0 Å². The molecule has 0 saturated heterocycles. The Bertz CT molecular complexity index is 1220. The topological polar surface area (TPSA) is 97.7 Å². The number of carbonyl (C=O) groups is 1. The first kappa shape index (κ1) is 26.3. The zero-order valence-electron chi connectivity index (χ0n) is 21.6. The highest BCUT2D eigenvalue weighted by atomic mass is 16.5. The first-order valence-electron chi connectivity index (χ1n) is 12.0. The lowest BCUT2D eigenvalue weighted by Gasteiger charge is -2.28. The standard InChI is InChI=1S/C22H25NO6.C7H8O/c1-23(2)21(25)17-16(12-8-6-5-7-9-12)20-22(26,19(17)24)18-14(28-4)10-13(27-3)11-15(18)29-20;1-8-7-5-3-2-4-6-7/h5-11,16-17,19-20,24,26H,1-4H3;2-6H,1H3/t16-,17-,19-,20?,22+;/m1./s1. The largest absolute Gasteiger partial charge is 0.497 e. The smallest absolute Gasteiger partial charge is 0.228 e. The van der Waals surface area contributed by atoms with Gasteiger partial charge in [-0.25, -0.2) is 0 Å². The third-order valence-corrected chi connectivity index (χ3v) is 6.98. The average Bonchev–Trinajstić information content (AvgIpc) is 3.35. The molecule has 8 heteroatoms. The van der Waals surface area contributed by atoms with E-state index in [0.29, 0.717) is 22.8 Å². The number of hydrogen-bond donors (Lipinski definition) is 2. The molecule has 5 rings (SSSR count). The Morgan fingerprint density at radius 1 is 0.892 bits per heavy atom. The van der Waals surface area contributed by atoms with E-state index in [9.17, 15) is 15.0 Å². The molecule has 1 aliphatic carbocycles. The molecule has 8 nitrogen and oxygen atoms in total. The lowest BCUT2D eigenvalue weighted by molar-refractivity contribution is -0.142. The highest BCUT2D eigenvalue weighted by Crippen LogP contribution is 2.60. The van der Waals surface area contributed by atoms with Crippen LogP contribution in [0.2, 0.25) is 0 Å². The van der Waals surface area contributed by atoms with Gasteiger partial charge in [0.05, 0.1) is 32.8 Å². The van der Waals surface area contributed by atoms with Crippen molar-refractivity contribution in [1.82, 2.24) is 4.90 Å². The van der Waals surface area contributed by atoms with Crippen LogP contribution in [-0.2, 0) is 10.4 Å². The van der Waals surface area contributed by atoms with E-state index in [4.69, 9.17) is 18.9 Å². The van der Waals surface area contributed by atoms with E-state index in [1.807, 2.05) is 60.7 Å². The van der Waals surface area contributed by atoms with E-state index < -0.39 is 29.6 Å². The summed E-state index contributed by atoms with van der Waals surface area (Å²) in [5, 5.41) is 23.1. The van der Waals surface area contributed by atoms with Crippen molar-refractivity contribution in [1.29, 1.82) is 0 Å². The van der Waals surface area contributed by atoms with Crippen LogP contribution < -0.4 is 18.9 Å². The number of rotatable bonds is 5. The van der Waals surface area contributed by atoms with Gasteiger partial charge in [0.25, 0.3) is 0 Å². The van der Waals surface area contributed by atoms with Crippen molar-refractivity contribution in [2.24, 2.45) is 5.92 Å². The molecule has 1 amide bonds. The van der Waals surface area contributed by atoms with Crippen molar-refractivity contribution < 1.29 is 34.0 Å². The molecule has 3 aromatic carbocycles. The molecule has 0 spiro atoms. The quantitative estimate of drug-likeness (QED) is 0.547. The lowest BCUT2D eigenvalue weighted by Crippen LogP contribution is -2.45. The molecule has 37 heavy (non-hydrogen) atoms. The van der Waals surface area contributed by atoms with Gasteiger partial charge in [-0.2, -0.15) is 0 Å². The van der Waals surface area contributed by atoms with Crippen LogP contribution >= 0.6 is 0 Å². The number of methoxy groups -OCH3 is 3. The molecule has 0 bridgehead atoms. The van der Waals surface area contributed by atoms with Gasteiger partial charge in [-0.3, -0.25) is 4.79 Å². The van der Waals surface area contributed by atoms with Gasteiger partial charge in [-0.15, -0.1) is 0 Å². The number of ether oxygens (including phenoxy) is 4. The summed E-state index contributed by atoms with van der Waals surface area (Å²) in [6.07, 6.45) is -2.24. The van der Waals surface area contributed by atoms with Crippen LogP contribution in [0.4, 0.5) is 0 Å². The van der Waals surface area contributed by atoms with Gasteiger partial charge in [0.15, 0.2) is 5.60 Å². The lowest BCUT2D eigenvalue weighted by atomic mass is 9.86. The Balaban J connectivity index is 0.000000342. The normalized spacial score (nSPS) is 25.1. The molecule has 5 atom stereocenters. The predicted octanol–water partition coefficient (Wildman–Crippen LogP) is 3.21. The number of aliphatic hydroxyl groups excluding tert-OH is 1. The van der Waals surface area contributed by atoms with E-state index in [-0.39, 0.29) is 5.91 Å². The van der Waals surface area contributed by atoms with Crippen LogP contribution in [-0.4, -0.2) is 68.7 Å². The van der Waals surface area contributed by atoms with Gasteiger partial charge in [-0.1, -0.05) is 48.5 Å². The molecule has 2 aliphatic rings. The Kier molecular flexibility index (Phi) is 7.61. The van der Waals surface area contributed by atoms with Crippen LogP contribution in [0.3, 0.4) is 0 Å². The van der Waals surface area contributed by atoms with Crippen molar-refractivity contribution >= 4 is 5.91 Å². The Labute approximate surface area is 217 Å². The number of fused-ring (bicyclic) bond motifs is 3. The molecule has 1 saturated carbocycles. The van der Waals surface area contributed by atoms with Crippen molar-refractivity contribution in [2.45, 2.75) is 23.7 Å². The van der Waals surface area contributed by atoms with E-state index in [2.05, 4.69) is 0 Å². The van der Waals surface area contributed by atoms with E-state index in [1.165, 1.54) is 19.1 Å². The molecule has 196 valence electrons. The Morgan fingerprint density at radius 2 is 1.49 bits per heavy atom. The fourth-order valence-electron chi connectivity index (χ4n) is 5.22. The predicted molar refractivity (Wildman–Crippen MR) is 138 cm³/mol. The van der Waals surface area contributed by atoms with Crippen molar-refractivity contribution in [2.75, 3.05) is 35.4 Å². The maximum atomic E-state index is 13.0. The third-order valence-electron chi connectivity index (χ3n) is 6.98. The van der Waals surface area contributed by atoms with Gasteiger partial charge in [0, 0.05) is 32.1 Å². The van der Waals surface area contributed by atoms with Gasteiger partial charge in [0.1, 0.15) is 35.2 Å². The summed E-state index contributed by atoms with van der Waals surface area (Å²) < 4.78 is 21.9. The minimum atomic E-state index is -1.80. The molecule has 1 heterocycles. The fourth-order valence-corrected chi connectivity index (χ4v) is 5.22. The molecular weight excluding hydrogens is 474 g/mol. The van der Waals surface area contributed by atoms with Crippen molar-refractivity contribution in [3.05, 3.63) is 83.9 Å². The second kappa shape index (κ2) is 10.7. The molecular formula is C29H33NO7. The number of carbonyl (C=O) groups excluding carboxylic acids is 1. The molecule has 1 aliphatic heterocycles. The number of amides is 1. The van der Waals surface area contributed by atoms with Gasteiger partial charge >= 0.3 is 0 Å². The van der Waals surface area contributed by atoms with Gasteiger partial charge < -0.3 is 34.1 Å². The average molecular weight is 508 g/mol. The first-order valence-corrected chi connectivity index (χ1v) is 12.0. The monoisotopic (exact) mass is 507 g/mol. The van der Waals surface area contributed by atoms with Gasteiger partial charge in [-0.05, 0) is 17.7 Å². The SMILES string of the molecule is COc1cc(OC)c2c(c1)OC1[C@H](c3ccccc3)[C@@H](C(=O)N(C)C)[C@@H](O)[C@@]21O.COc1ccccc1. The third kappa shape index (κ3) is 4.58. The van der Waals surface area contributed by atoms with E-state index in [1.54, 1.807) is 33.3 Å².